The van der Waals surface area contributed by atoms with E-state index in [0.717, 1.165) is 29.9 Å². The molecular formula is C20H25FN4O. The molecule has 6 heteroatoms. The van der Waals surface area contributed by atoms with Gasteiger partial charge >= 0.3 is 0 Å². The molecule has 1 atom stereocenters. The average Bonchev–Trinajstić information content (AvgIpc) is 2.64. The lowest BCUT2D eigenvalue weighted by molar-refractivity contribution is 0.0180. The van der Waals surface area contributed by atoms with E-state index in [9.17, 15) is 4.39 Å². The fourth-order valence-electron chi connectivity index (χ4n) is 3.10. The first-order valence-electron chi connectivity index (χ1n) is 8.83. The Hall–Kier alpha value is -2.44. The van der Waals surface area contributed by atoms with Gasteiger partial charge in [0, 0.05) is 18.8 Å². The highest BCUT2D eigenvalue weighted by molar-refractivity contribution is 5.92. The Morgan fingerprint density at radius 3 is 2.65 bits per heavy atom. The molecule has 0 saturated carbocycles. The largest absolute Gasteiger partial charge is 0.379 e. The number of aliphatic imine (C=N–C) groups is 1. The Morgan fingerprint density at radius 2 is 1.96 bits per heavy atom. The predicted molar refractivity (Wildman–Crippen MR) is 103 cm³/mol. The fraction of sp³-hybridized carbons (Fsp3) is 0.350. The van der Waals surface area contributed by atoms with E-state index < -0.39 is 0 Å². The van der Waals surface area contributed by atoms with Crippen molar-refractivity contribution in [2.45, 2.75) is 13.0 Å². The number of ether oxygens (including phenoxy) is 1. The van der Waals surface area contributed by atoms with E-state index in [1.54, 1.807) is 0 Å². The zero-order valence-electron chi connectivity index (χ0n) is 15.0. The lowest BCUT2D eigenvalue weighted by Gasteiger charge is -2.34. The molecule has 5 nitrogen and oxygen atoms in total. The molecule has 1 saturated heterocycles. The van der Waals surface area contributed by atoms with Crippen molar-refractivity contribution >= 4 is 11.6 Å². The Balaban J connectivity index is 1.72. The molecule has 0 spiro atoms. The summed E-state index contributed by atoms with van der Waals surface area (Å²) in [5.74, 6) is 0.134. The molecule has 2 aromatic rings. The molecule has 1 heterocycles. The number of aryl methyl sites for hydroxylation is 1. The third-order valence-electron chi connectivity index (χ3n) is 4.47. The van der Waals surface area contributed by atoms with Gasteiger partial charge in [-0.15, -0.1) is 0 Å². The van der Waals surface area contributed by atoms with Crippen molar-refractivity contribution in [2.24, 2.45) is 10.7 Å². The smallest absolute Gasteiger partial charge is 0.193 e. The van der Waals surface area contributed by atoms with Crippen molar-refractivity contribution in [3.63, 3.8) is 0 Å². The van der Waals surface area contributed by atoms with Gasteiger partial charge in [-0.2, -0.15) is 0 Å². The van der Waals surface area contributed by atoms with E-state index in [4.69, 9.17) is 10.5 Å². The van der Waals surface area contributed by atoms with E-state index in [-0.39, 0.29) is 11.9 Å². The van der Waals surface area contributed by atoms with Crippen molar-refractivity contribution in [1.82, 2.24) is 4.90 Å². The van der Waals surface area contributed by atoms with Crippen LogP contribution in [0.2, 0.25) is 0 Å². The van der Waals surface area contributed by atoms with Gasteiger partial charge in [-0.05, 0) is 42.3 Å². The molecule has 1 aliphatic rings. The van der Waals surface area contributed by atoms with Gasteiger partial charge in [-0.1, -0.05) is 24.3 Å². The van der Waals surface area contributed by atoms with Crippen molar-refractivity contribution in [2.75, 3.05) is 38.2 Å². The zero-order chi connectivity index (χ0) is 18.4. The highest BCUT2D eigenvalue weighted by atomic mass is 19.1. The maximum atomic E-state index is 13.3. The number of nitrogens with zero attached hydrogens (tertiary/aromatic N) is 2. The lowest BCUT2D eigenvalue weighted by Crippen LogP contribution is -2.40. The van der Waals surface area contributed by atoms with Crippen LogP contribution in [0, 0.1) is 12.7 Å². The van der Waals surface area contributed by atoms with Crippen molar-refractivity contribution in [3.8, 4) is 0 Å². The third-order valence-corrected chi connectivity index (χ3v) is 4.47. The van der Waals surface area contributed by atoms with Gasteiger partial charge in [-0.3, -0.25) is 9.89 Å². The van der Waals surface area contributed by atoms with Crippen LogP contribution in [-0.2, 0) is 4.74 Å². The first-order valence-corrected chi connectivity index (χ1v) is 8.83. The maximum absolute atomic E-state index is 13.3. The number of anilines is 1. The van der Waals surface area contributed by atoms with Crippen LogP contribution in [0.25, 0.3) is 0 Å². The third kappa shape index (κ3) is 5.03. The van der Waals surface area contributed by atoms with Crippen LogP contribution < -0.4 is 11.1 Å². The van der Waals surface area contributed by atoms with E-state index in [1.807, 2.05) is 43.3 Å². The van der Waals surface area contributed by atoms with Gasteiger partial charge in [0.1, 0.15) is 5.82 Å². The quantitative estimate of drug-likeness (QED) is 0.639. The summed E-state index contributed by atoms with van der Waals surface area (Å²) in [7, 11) is 0. The molecule has 3 rings (SSSR count). The Labute approximate surface area is 153 Å². The SMILES string of the molecule is Cc1cccc(NC(N)=NCC(c2ccc(F)cc2)N2CCOCC2)c1. The van der Waals surface area contributed by atoms with Crippen molar-refractivity contribution < 1.29 is 9.13 Å². The summed E-state index contributed by atoms with van der Waals surface area (Å²) in [5.41, 5.74) is 9.17. The van der Waals surface area contributed by atoms with Crippen LogP contribution in [0.15, 0.2) is 53.5 Å². The highest BCUT2D eigenvalue weighted by Gasteiger charge is 2.22. The number of rotatable bonds is 5. The average molecular weight is 356 g/mol. The topological polar surface area (TPSA) is 62.9 Å². The first-order chi connectivity index (χ1) is 12.6. The van der Waals surface area contributed by atoms with Crippen molar-refractivity contribution in [1.29, 1.82) is 0 Å². The molecule has 0 aromatic heterocycles. The molecule has 2 aromatic carbocycles. The minimum Gasteiger partial charge on any atom is -0.379 e. The molecule has 0 radical (unpaired) electrons. The summed E-state index contributed by atoms with van der Waals surface area (Å²) < 4.78 is 18.7. The number of halogens is 1. The van der Waals surface area contributed by atoms with E-state index in [0.29, 0.717) is 25.7 Å². The van der Waals surface area contributed by atoms with E-state index >= 15 is 0 Å². The number of nitrogens with one attached hydrogen (secondary N) is 1. The van der Waals surface area contributed by atoms with Gasteiger partial charge in [-0.25, -0.2) is 4.39 Å². The molecule has 1 unspecified atom stereocenters. The number of hydrogen-bond acceptors (Lipinski definition) is 3. The molecule has 1 aliphatic heterocycles. The Morgan fingerprint density at radius 1 is 1.23 bits per heavy atom. The summed E-state index contributed by atoms with van der Waals surface area (Å²) in [6.07, 6.45) is 0. The minimum absolute atomic E-state index is 0.0392. The normalized spacial score (nSPS) is 17.1. The molecular weight excluding hydrogens is 331 g/mol. The van der Waals surface area contributed by atoms with Crippen LogP contribution in [0.4, 0.5) is 10.1 Å². The number of benzene rings is 2. The maximum Gasteiger partial charge on any atom is 0.193 e. The molecule has 1 fully saturated rings. The molecule has 0 amide bonds. The lowest BCUT2D eigenvalue weighted by atomic mass is 10.0. The van der Waals surface area contributed by atoms with Crippen LogP contribution in [0.5, 0.6) is 0 Å². The van der Waals surface area contributed by atoms with E-state index in [2.05, 4.69) is 15.2 Å². The molecule has 26 heavy (non-hydrogen) atoms. The summed E-state index contributed by atoms with van der Waals surface area (Å²) in [6, 6.07) is 14.6. The monoisotopic (exact) mass is 356 g/mol. The first kappa shape index (κ1) is 18.4. The minimum atomic E-state index is -0.237. The predicted octanol–water partition coefficient (Wildman–Crippen LogP) is 2.93. The number of nitrogens with two attached hydrogens (primary N) is 1. The van der Waals surface area contributed by atoms with Gasteiger partial charge in [0.2, 0.25) is 0 Å². The standard InChI is InChI=1S/C20H25FN4O/c1-15-3-2-4-18(13-15)24-20(22)23-14-19(25-9-11-26-12-10-25)16-5-7-17(21)8-6-16/h2-8,13,19H,9-12,14H2,1H3,(H3,22,23,24). The zero-order valence-corrected chi connectivity index (χ0v) is 15.0. The number of morpholine rings is 1. The highest BCUT2D eigenvalue weighted by Crippen LogP contribution is 2.23. The second-order valence-corrected chi connectivity index (χ2v) is 6.44. The van der Waals surface area contributed by atoms with Crippen molar-refractivity contribution in [3.05, 3.63) is 65.5 Å². The van der Waals surface area contributed by atoms with E-state index in [1.165, 1.54) is 12.1 Å². The van der Waals surface area contributed by atoms with Gasteiger partial charge in [0.15, 0.2) is 5.96 Å². The van der Waals surface area contributed by atoms with Crippen LogP contribution in [0.1, 0.15) is 17.2 Å². The van der Waals surface area contributed by atoms with Crippen LogP contribution >= 0.6 is 0 Å². The van der Waals surface area contributed by atoms with Gasteiger partial charge < -0.3 is 15.8 Å². The number of guanidine groups is 1. The van der Waals surface area contributed by atoms with Crippen LogP contribution in [-0.4, -0.2) is 43.7 Å². The number of hydrogen-bond donors (Lipinski definition) is 2. The Kier molecular flexibility index (Phi) is 6.20. The second-order valence-electron chi connectivity index (χ2n) is 6.44. The molecule has 0 aliphatic carbocycles. The molecule has 0 bridgehead atoms. The second kappa shape index (κ2) is 8.78. The molecule has 3 N–H and O–H groups in total. The van der Waals surface area contributed by atoms with Gasteiger partial charge in [0.05, 0.1) is 25.8 Å². The summed E-state index contributed by atoms with van der Waals surface area (Å²) in [6.45, 7) is 5.56. The summed E-state index contributed by atoms with van der Waals surface area (Å²) in [5, 5.41) is 3.13. The van der Waals surface area contributed by atoms with Gasteiger partial charge in [0.25, 0.3) is 0 Å². The summed E-state index contributed by atoms with van der Waals surface area (Å²) >= 11 is 0. The van der Waals surface area contributed by atoms with Crippen LogP contribution in [0.3, 0.4) is 0 Å². The fourth-order valence-corrected chi connectivity index (χ4v) is 3.10. The Bertz CT molecular complexity index is 742. The summed E-state index contributed by atoms with van der Waals surface area (Å²) in [4.78, 5) is 6.84. The molecule has 138 valence electrons.